The van der Waals surface area contributed by atoms with Crippen LogP contribution >= 0.6 is 23.6 Å². The highest BCUT2D eigenvalue weighted by Crippen LogP contribution is 2.34. The molecule has 25 heavy (non-hydrogen) atoms. The van der Waals surface area contributed by atoms with Gasteiger partial charge in [0.1, 0.15) is 0 Å². The highest BCUT2D eigenvalue weighted by atomic mass is 32.2. The van der Waals surface area contributed by atoms with E-state index in [1.807, 2.05) is 10.3 Å². The number of thiocarbonyl (C=S) groups is 1. The van der Waals surface area contributed by atoms with E-state index >= 15 is 0 Å². The average Bonchev–Trinajstić information content (AvgIpc) is 3.19. The topological polar surface area (TPSA) is 62.3 Å². The zero-order chi connectivity index (χ0) is 17.8. The van der Waals surface area contributed by atoms with Gasteiger partial charge in [0.25, 0.3) is 0 Å². The monoisotopic (exact) mass is 393 g/mol. The van der Waals surface area contributed by atoms with Crippen LogP contribution in [-0.4, -0.2) is 42.1 Å². The molecule has 2 aliphatic heterocycles. The van der Waals surface area contributed by atoms with Gasteiger partial charge in [-0.3, -0.25) is 4.90 Å². The number of nitrogens with zero attached hydrogens (tertiary/aromatic N) is 2. The lowest BCUT2D eigenvalue weighted by atomic mass is 10.0. The molecule has 132 valence electrons. The van der Waals surface area contributed by atoms with E-state index in [1.165, 1.54) is 16.9 Å². The summed E-state index contributed by atoms with van der Waals surface area (Å²) in [6, 6.07) is 8.13. The molecule has 0 spiro atoms. The molecule has 2 aliphatic rings. The molecule has 2 saturated heterocycles. The summed E-state index contributed by atoms with van der Waals surface area (Å²) in [5.74, 6) is 0.765. The van der Waals surface area contributed by atoms with Gasteiger partial charge >= 0.3 is 0 Å². The number of benzene rings is 1. The Morgan fingerprint density at radius 1 is 1.28 bits per heavy atom. The van der Waals surface area contributed by atoms with Crippen LogP contribution in [0.4, 0.5) is 5.13 Å². The maximum Gasteiger partial charge on any atom is 0.192 e. The van der Waals surface area contributed by atoms with Crippen LogP contribution in [0.15, 0.2) is 29.6 Å². The quantitative estimate of drug-likeness (QED) is 0.809. The molecule has 3 heterocycles. The number of hydrogen-bond acceptors (Lipinski definition) is 5. The van der Waals surface area contributed by atoms with Crippen LogP contribution < -0.4 is 10.2 Å². The predicted molar refractivity (Wildman–Crippen MR) is 106 cm³/mol. The molecule has 1 aromatic carbocycles. The molecule has 5 nitrogen and oxygen atoms in total. The van der Waals surface area contributed by atoms with Gasteiger partial charge in [-0.15, -0.1) is 11.3 Å². The van der Waals surface area contributed by atoms with Gasteiger partial charge in [0.05, 0.1) is 29.3 Å². The summed E-state index contributed by atoms with van der Waals surface area (Å²) < 4.78 is 23.8. The van der Waals surface area contributed by atoms with Crippen molar-refractivity contribution in [1.29, 1.82) is 0 Å². The first-order chi connectivity index (χ1) is 11.8. The highest BCUT2D eigenvalue weighted by molar-refractivity contribution is 7.91. The van der Waals surface area contributed by atoms with Crippen molar-refractivity contribution < 1.29 is 8.42 Å². The number of sulfone groups is 1. The van der Waals surface area contributed by atoms with Crippen molar-refractivity contribution in [2.75, 3.05) is 16.4 Å². The third-order valence-corrected chi connectivity index (χ3v) is 7.62. The number of thiazole rings is 1. The van der Waals surface area contributed by atoms with Gasteiger partial charge in [-0.2, -0.15) is 0 Å². The third kappa shape index (κ3) is 3.07. The van der Waals surface area contributed by atoms with E-state index in [9.17, 15) is 8.42 Å². The van der Waals surface area contributed by atoms with Crippen LogP contribution in [0.1, 0.15) is 25.3 Å². The minimum absolute atomic E-state index is 0.128. The van der Waals surface area contributed by atoms with E-state index in [-0.39, 0.29) is 23.6 Å². The summed E-state index contributed by atoms with van der Waals surface area (Å²) in [6.45, 7) is 4.34. The molecule has 2 aromatic rings. The summed E-state index contributed by atoms with van der Waals surface area (Å²) >= 11 is 6.91. The fourth-order valence-electron chi connectivity index (χ4n) is 3.38. The van der Waals surface area contributed by atoms with Gasteiger partial charge < -0.3 is 5.32 Å². The minimum atomic E-state index is -3.02. The van der Waals surface area contributed by atoms with Crippen molar-refractivity contribution in [2.24, 2.45) is 0 Å². The van der Waals surface area contributed by atoms with Gasteiger partial charge in [0.15, 0.2) is 20.1 Å². The average molecular weight is 394 g/mol. The van der Waals surface area contributed by atoms with E-state index in [1.54, 1.807) is 0 Å². The lowest BCUT2D eigenvalue weighted by molar-refractivity contribution is 0.600. The molecule has 0 amide bonds. The van der Waals surface area contributed by atoms with Crippen molar-refractivity contribution in [2.45, 2.75) is 31.8 Å². The van der Waals surface area contributed by atoms with Gasteiger partial charge in [-0.1, -0.05) is 38.1 Å². The molecule has 2 fully saturated rings. The minimum Gasteiger partial charge on any atom is -0.356 e. The van der Waals surface area contributed by atoms with E-state index in [4.69, 9.17) is 17.2 Å². The van der Waals surface area contributed by atoms with E-state index in [2.05, 4.69) is 43.4 Å². The summed E-state index contributed by atoms with van der Waals surface area (Å²) in [5.41, 5.74) is 3.24. The van der Waals surface area contributed by atoms with Crippen LogP contribution in [0.5, 0.6) is 0 Å². The molecule has 0 aliphatic carbocycles. The summed E-state index contributed by atoms with van der Waals surface area (Å²) in [7, 11) is -3.02. The molecule has 4 rings (SSSR count). The first kappa shape index (κ1) is 16.9. The molecule has 0 bridgehead atoms. The normalized spacial score (nSPS) is 24.6. The maximum atomic E-state index is 11.9. The number of hydrogen-bond donors (Lipinski definition) is 1. The van der Waals surface area contributed by atoms with E-state index in [0.717, 1.165) is 16.4 Å². The zero-order valence-electron chi connectivity index (χ0n) is 14.0. The van der Waals surface area contributed by atoms with Gasteiger partial charge in [-0.25, -0.2) is 13.4 Å². The van der Waals surface area contributed by atoms with E-state index < -0.39 is 9.84 Å². The zero-order valence-corrected chi connectivity index (χ0v) is 16.4. The second-order valence-electron chi connectivity index (χ2n) is 6.86. The smallest absolute Gasteiger partial charge is 0.192 e. The molecule has 8 heteroatoms. The third-order valence-electron chi connectivity index (χ3n) is 4.75. The summed E-state index contributed by atoms with van der Waals surface area (Å²) in [4.78, 5) is 6.59. The lowest BCUT2D eigenvalue weighted by Gasteiger charge is -2.19. The van der Waals surface area contributed by atoms with Crippen LogP contribution in [0.25, 0.3) is 11.3 Å². The van der Waals surface area contributed by atoms with Crippen molar-refractivity contribution >= 4 is 43.6 Å². The first-order valence-electron chi connectivity index (χ1n) is 8.20. The van der Waals surface area contributed by atoms with Crippen LogP contribution in [0, 0.1) is 0 Å². The Kier molecular flexibility index (Phi) is 4.09. The molecule has 2 atom stereocenters. The number of fused-ring (bicyclic) bond motifs is 1. The Balaban J connectivity index is 1.62. The fraction of sp³-hybridized carbons (Fsp3) is 0.412. The van der Waals surface area contributed by atoms with Crippen molar-refractivity contribution in [3.63, 3.8) is 0 Å². The standard InChI is InChI=1S/C17H19N3O2S3/c1-10(2)11-3-5-12(6-4-11)13-7-24-17(19-13)20-15-9-25(21,22)8-14(15)18-16(20)23/h3-7,10,14-15H,8-9H2,1-2H3,(H,18,23)/t14-,15+/m1/s1. The van der Waals surface area contributed by atoms with Crippen LogP contribution in [-0.2, 0) is 9.84 Å². The molecule has 1 N–H and O–H groups in total. The molecular weight excluding hydrogens is 374 g/mol. The Morgan fingerprint density at radius 2 is 2.00 bits per heavy atom. The molecule has 0 unspecified atom stereocenters. The Morgan fingerprint density at radius 3 is 2.68 bits per heavy atom. The summed E-state index contributed by atoms with van der Waals surface area (Å²) in [5, 5.41) is 6.46. The molecule has 1 aromatic heterocycles. The first-order valence-corrected chi connectivity index (χ1v) is 11.3. The predicted octanol–water partition coefficient (Wildman–Crippen LogP) is 2.79. The fourth-order valence-corrected chi connectivity index (χ4v) is 6.59. The van der Waals surface area contributed by atoms with Crippen molar-refractivity contribution in [3.05, 3.63) is 35.2 Å². The second kappa shape index (κ2) is 6.03. The Bertz CT molecular complexity index is 919. The SMILES string of the molecule is CC(C)c1ccc(-c2csc(N3C(=S)N[C@@H]4CS(=O)(=O)C[C@@H]43)n2)cc1. The van der Waals surface area contributed by atoms with Crippen molar-refractivity contribution in [3.8, 4) is 11.3 Å². The molecule has 0 radical (unpaired) electrons. The number of rotatable bonds is 3. The number of nitrogens with one attached hydrogen (secondary N) is 1. The Labute approximate surface area is 157 Å². The van der Waals surface area contributed by atoms with Gasteiger partial charge in [0.2, 0.25) is 0 Å². The van der Waals surface area contributed by atoms with E-state index in [0.29, 0.717) is 11.0 Å². The molecular formula is C17H19N3O2S3. The maximum absolute atomic E-state index is 11.9. The number of aromatic nitrogens is 1. The van der Waals surface area contributed by atoms with Crippen LogP contribution in [0.2, 0.25) is 0 Å². The second-order valence-corrected chi connectivity index (χ2v) is 10.2. The largest absolute Gasteiger partial charge is 0.356 e. The van der Waals surface area contributed by atoms with Crippen LogP contribution in [0.3, 0.4) is 0 Å². The van der Waals surface area contributed by atoms with Crippen molar-refractivity contribution in [1.82, 2.24) is 10.3 Å². The Hall–Kier alpha value is -1.51. The molecule has 0 saturated carbocycles. The number of anilines is 1. The highest BCUT2D eigenvalue weighted by Gasteiger charge is 2.48. The van der Waals surface area contributed by atoms with Gasteiger partial charge in [-0.05, 0) is 23.7 Å². The summed E-state index contributed by atoms with van der Waals surface area (Å²) in [6.07, 6.45) is 0. The van der Waals surface area contributed by atoms with Gasteiger partial charge in [0, 0.05) is 10.9 Å². The lowest BCUT2D eigenvalue weighted by Crippen LogP contribution is -2.36.